The molecule has 14 heavy (non-hydrogen) atoms. The molecule has 0 aliphatic heterocycles. The highest BCUT2D eigenvalue weighted by Gasteiger charge is 2.05. The van der Waals surface area contributed by atoms with Gasteiger partial charge in [0.15, 0.2) is 0 Å². The van der Waals surface area contributed by atoms with E-state index in [1.807, 2.05) is 42.5 Å². The normalized spacial score (nSPS) is 10.1. The maximum absolute atomic E-state index is 3.54. The van der Waals surface area contributed by atoms with Crippen molar-refractivity contribution in [2.75, 3.05) is 0 Å². The van der Waals surface area contributed by atoms with Gasteiger partial charge >= 0.3 is 0 Å². The van der Waals surface area contributed by atoms with E-state index in [9.17, 15) is 0 Å². The topological polar surface area (TPSA) is 0 Å². The van der Waals surface area contributed by atoms with E-state index >= 15 is 0 Å². The molecule has 0 aromatic heterocycles. The molecular formula is C12H7Br2. The van der Waals surface area contributed by atoms with Gasteiger partial charge in [0.2, 0.25) is 0 Å². The van der Waals surface area contributed by atoms with Crippen molar-refractivity contribution in [1.82, 2.24) is 0 Å². The van der Waals surface area contributed by atoms with E-state index in [1.54, 1.807) is 0 Å². The van der Waals surface area contributed by atoms with E-state index in [0.29, 0.717) is 0 Å². The van der Waals surface area contributed by atoms with Crippen LogP contribution in [0.25, 0.3) is 11.1 Å². The summed E-state index contributed by atoms with van der Waals surface area (Å²) in [6.45, 7) is 0. The predicted octanol–water partition coefficient (Wildman–Crippen LogP) is 4.68. The zero-order chi connectivity index (χ0) is 9.97. The Morgan fingerprint density at radius 3 is 2.00 bits per heavy atom. The van der Waals surface area contributed by atoms with Crippen LogP contribution in [0.4, 0.5) is 0 Å². The van der Waals surface area contributed by atoms with Crippen LogP contribution in [0.5, 0.6) is 0 Å². The first kappa shape index (κ1) is 9.94. The van der Waals surface area contributed by atoms with Gasteiger partial charge in [-0.2, -0.15) is 0 Å². The van der Waals surface area contributed by atoms with Crippen molar-refractivity contribution in [2.45, 2.75) is 0 Å². The molecule has 0 saturated heterocycles. The number of rotatable bonds is 1. The van der Waals surface area contributed by atoms with Crippen LogP contribution in [0, 0.1) is 6.07 Å². The maximum atomic E-state index is 3.54. The maximum Gasteiger partial charge on any atom is 0.0265 e. The highest BCUT2D eigenvalue weighted by atomic mass is 79.9. The molecule has 2 aromatic rings. The Hall–Kier alpha value is -0.600. The van der Waals surface area contributed by atoms with Crippen molar-refractivity contribution in [2.24, 2.45) is 0 Å². The minimum absolute atomic E-state index is 1.10. The highest BCUT2D eigenvalue weighted by Crippen LogP contribution is 2.34. The van der Waals surface area contributed by atoms with Crippen molar-refractivity contribution in [3.05, 3.63) is 57.5 Å². The predicted molar refractivity (Wildman–Crippen MR) is 66.1 cm³/mol. The van der Waals surface area contributed by atoms with E-state index in [1.165, 1.54) is 11.1 Å². The van der Waals surface area contributed by atoms with Gasteiger partial charge in [-0.1, -0.05) is 62.2 Å². The first-order valence-electron chi connectivity index (χ1n) is 4.19. The quantitative estimate of drug-likeness (QED) is 0.717. The molecule has 69 valence electrons. The minimum atomic E-state index is 1.10. The van der Waals surface area contributed by atoms with Gasteiger partial charge in [-0.05, 0) is 23.8 Å². The van der Waals surface area contributed by atoms with Crippen molar-refractivity contribution >= 4 is 31.9 Å². The number of benzene rings is 2. The fraction of sp³-hybridized carbons (Fsp3) is 0. The fourth-order valence-electron chi connectivity index (χ4n) is 1.33. The Kier molecular flexibility index (Phi) is 3.04. The SMILES string of the molecule is Brc1cccc(Br)c1-c1cc[c]cc1. The second-order valence-electron chi connectivity index (χ2n) is 2.89. The molecule has 0 heterocycles. The Bertz CT molecular complexity index is 415. The Morgan fingerprint density at radius 2 is 1.43 bits per heavy atom. The van der Waals surface area contributed by atoms with Gasteiger partial charge in [0.1, 0.15) is 0 Å². The fourth-order valence-corrected chi connectivity index (χ4v) is 2.78. The molecular weight excluding hydrogens is 304 g/mol. The van der Waals surface area contributed by atoms with Crippen LogP contribution in [0.3, 0.4) is 0 Å². The first-order valence-corrected chi connectivity index (χ1v) is 5.78. The second-order valence-corrected chi connectivity index (χ2v) is 4.59. The smallest absolute Gasteiger partial charge is 0.0265 e. The molecule has 2 heteroatoms. The molecule has 2 aromatic carbocycles. The summed E-state index contributed by atoms with van der Waals surface area (Å²) < 4.78 is 2.19. The van der Waals surface area contributed by atoms with Gasteiger partial charge in [-0.15, -0.1) is 0 Å². The van der Waals surface area contributed by atoms with Gasteiger partial charge in [0.05, 0.1) is 0 Å². The van der Waals surface area contributed by atoms with Crippen LogP contribution in [0.1, 0.15) is 0 Å². The van der Waals surface area contributed by atoms with Gasteiger partial charge < -0.3 is 0 Å². The van der Waals surface area contributed by atoms with Crippen molar-refractivity contribution in [3.63, 3.8) is 0 Å². The molecule has 1 radical (unpaired) electrons. The third kappa shape index (κ3) is 1.91. The zero-order valence-corrected chi connectivity index (χ0v) is 10.5. The van der Waals surface area contributed by atoms with E-state index < -0.39 is 0 Å². The monoisotopic (exact) mass is 309 g/mol. The largest absolute Gasteiger partial charge is 0.0600 e. The summed E-state index contributed by atoms with van der Waals surface area (Å²) in [4.78, 5) is 0. The Morgan fingerprint density at radius 1 is 0.857 bits per heavy atom. The van der Waals surface area contributed by atoms with Crippen LogP contribution in [0.15, 0.2) is 51.4 Å². The van der Waals surface area contributed by atoms with Crippen LogP contribution in [0.2, 0.25) is 0 Å². The first-order chi connectivity index (χ1) is 6.79. The molecule has 0 atom stereocenters. The van der Waals surface area contributed by atoms with E-state index in [4.69, 9.17) is 0 Å². The average molecular weight is 311 g/mol. The van der Waals surface area contributed by atoms with Crippen molar-refractivity contribution < 1.29 is 0 Å². The number of hydrogen-bond acceptors (Lipinski definition) is 0. The Balaban J connectivity index is 2.63. The lowest BCUT2D eigenvalue weighted by molar-refractivity contribution is 1.55. The van der Waals surface area contributed by atoms with Crippen LogP contribution < -0.4 is 0 Å². The Labute approximate surface area is 100 Å². The molecule has 0 fully saturated rings. The third-order valence-electron chi connectivity index (χ3n) is 1.97. The van der Waals surface area contributed by atoms with E-state index in [-0.39, 0.29) is 0 Å². The molecule has 0 unspecified atom stereocenters. The van der Waals surface area contributed by atoms with Gasteiger partial charge in [0.25, 0.3) is 0 Å². The highest BCUT2D eigenvalue weighted by molar-refractivity contribution is 9.11. The summed E-state index contributed by atoms with van der Waals surface area (Å²) >= 11 is 7.09. The summed E-state index contributed by atoms with van der Waals surface area (Å²) in [7, 11) is 0. The van der Waals surface area contributed by atoms with Crippen LogP contribution in [-0.4, -0.2) is 0 Å². The lowest BCUT2D eigenvalue weighted by Crippen LogP contribution is -1.80. The molecule has 2 rings (SSSR count). The van der Waals surface area contributed by atoms with Gasteiger partial charge in [-0.3, -0.25) is 0 Å². The molecule has 0 nitrogen and oxygen atoms in total. The van der Waals surface area contributed by atoms with Crippen molar-refractivity contribution in [3.8, 4) is 11.1 Å². The van der Waals surface area contributed by atoms with Crippen LogP contribution >= 0.6 is 31.9 Å². The number of halogens is 2. The second kappa shape index (κ2) is 4.28. The third-order valence-corrected chi connectivity index (χ3v) is 3.29. The molecule has 0 aliphatic rings. The van der Waals surface area contributed by atoms with E-state index in [0.717, 1.165) is 8.95 Å². The average Bonchev–Trinajstić information content (AvgIpc) is 2.19. The lowest BCUT2D eigenvalue weighted by Gasteiger charge is -2.06. The molecule has 0 aliphatic carbocycles. The van der Waals surface area contributed by atoms with Crippen molar-refractivity contribution in [1.29, 1.82) is 0 Å². The molecule has 0 spiro atoms. The lowest BCUT2D eigenvalue weighted by atomic mass is 10.1. The molecule has 0 amide bonds. The molecule has 0 bridgehead atoms. The van der Waals surface area contributed by atoms with Crippen LogP contribution in [-0.2, 0) is 0 Å². The summed E-state index contributed by atoms with van der Waals surface area (Å²) in [5.74, 6) is 0. The van der Waals surface area contributed by atoms with Gasteiger partial charge in [0, 0.05) is 14.5 Å². The standard InChI is InChI=1S/C12H7Br2/c13-10-7-4-8-11(14)12(10)9-5-2-1-3-6-9/h2-8H. The summed E-state index contributed by atoms with van der Waals surface area (Å²) in [6.07, 6.45) is 0. The zero-order valence-electron chi connectivity index (χ0n) is 7.30. The summed E-state index contributed by atoms with van der Waals surface area (Å²) in [5.41, 5.74) is 2.37. The molecule has 0 N–H and O–H groups in total. The number of hydrogen-bond donors (Lipinski definition) is 0. The van der Waals surface area contributed by atoms with E-state index in [2.05, 4.69) is 37.9 Å². The molecule has 0 saturated carbocycles. The summed E-state index contributed by atoms with van der Waals surface area (Å²) in [5, 5.41) is 0. The van der Waals surface area contributed by atoms with Gasteiger partial charge in [-0.25, -0.2) is 0 Å². The minimum Gasteiger partial charge on any atom is -0.0600 e. The summed E-state index contributed by atoms with van der Waals surface area (Å²) in [6, 6.07) is 17.0.